The van der Waals surface area contributed by atoms with Gasteiger partial charge in [-0.05, 0) is 29.9 Å². The van der Waals surface area contributed by atoms with E-state index >= 15 is 0 Å². The van der Waals surface area contributed by atoms with Crippen molar-refractivity contribution in [2.75, 3.05) is 5.75 Å². The van der Waals surface area contributed by atoms with E-state index in [1.807, 2.05) is 6.92 Å². The van der Waals surface area contributed by atoms with Crippen LogP contribution in [0.3, 0.4) is 0 Å². The predicted octanol–water partition coefficient (Wildman–Crippen LogP) is 2.29. The Balaban J connectivity index is 2.55. The van der Waals surface area contributed by atoms with Gasteiger partial charge in [0.2, 0.25) is 5.88 Å². The molecule has 0 bridgehead atoms. The molecule has 1 aromatic heterocycles. The predicted molar refractivity (Wildman–Crippen MR) is 70.4 cm³/mol. The normalized spacial score (nSPS) is 13.2. The molecule has 0 aliphatic carbocycles. The highest BCUT2D eigenvalue weighted by molar-refractivity contribution is 7.90. The second kappa shape index (κ2) is 6.91. The van der Waals surface area contributed by atoms with Gasteiger partial charge in [0.15, 0.2) is 0 Å². The third-order valence-corrected chi connectivity index (χ3v) is 3.95. The zero-order valence-electron chi connectivity index (χ0n) is 10.8. The highest BCUT2D eigenvalue weighted by Gasteiger charge is 2.12. The van der Waals surface area contributed by atoms with E-state index in [2.05, 4.69) is 18.9 Å². The van der Waals surface area contributed by atoms with Crippen LogP contribution < -0.4 is 0 Å². The van der Waals surface area contributed by atoms with Crippen molar-refractivity contribution in [3.8, 4) is 5.88 Å². The molecular weight excluding hydrogens is 236 g/mol. The number of hydrogen-bond donors (Lipinski definition) is 1. The van der Waals surface area contributed by atoms with E-state index in [9.17, 15) is 9.66 Å². The summed E-state index contributed by atoms with van der Waals surface area (Å²) in [6.45, 7) is 7.00. The first-order chi connectivity index (χ1) is 8.02. The molecule has 1 aromatic rings. The van der Waals surface area contributed by atoms with E-state index < -0.39 is 11.2 Å². The van der Waals surface area contributed by atoms with Gasteiger partial charge in [0.05, 0.1) is 0 Å². The van der Waals surface area contributed by atoms with Gasteiger partial charge in [-0.15, -0.1) is 0 Å². The number of aromatic nitrogens is 2. The van der Waals surface area contributed by atoms with Crippen molar-refractivity contribution >= 4 is 11.2 Å². The summed E-state index contributed by atoms with van der Waals surface area (Å²) in [5.74, 6) is 1.89. The molecular formula is C12H22N2O2S. The molecule has 1 N–H and O–H groups in total. The van der Waals surface area contributed by atoms with E-state index in [-0.39, 0.29) is 5.88 Å². The van der Waals surface area contributed by atoms with Crippen LogP contribution in [0.4, 0.5) is 0 Å². The van der Waals surface area contributed by atoms with Crippen LogP contribution in [-0.4, -0.2) is 25.2 Å². The van der Waals surface area contributed by atoms with Crippen molar-refractivity contribution in [2.45, 2.75) is 45.9 Å². The van der Waals surface area contributed by atoms with Crippen molar-refractivity contribution in [1.82, 2.24) is 9.78 Å². The Hall–Kier alpha value is -0.680. The van der Waals surface area contributed by atoms with E-state index in [1.54, 1.807) is 10.7 Å². The Morgan fingerprint density at radius 1 is 1.53 bits per heavy atom. The second-order valence-corrected chi connectivity index (χ2v) is 6.26. The third kappa shape index (κ3) is 5.00. The van der Waals surface area contributed by atoms with Gasteiger partial charge in [-0.3, -0.25) is 0 Å². The lowest BCUT2D eigenvalue weighted by Crippen LogP contribution is -2.10. The first kappa shape index (κ1) is 14.4. The Kier molecular flexibility index (Phi) is 5.85. The zero-order valence-corrected chi connectivity index (χ0v) is 11.7. The molecule has 5 heteroatoms. The van der Waals surface area contributed by atoms with Gasteiger partial charge < -0.3 is 9.66 Å². The lowest BCUT2D eigenvalue weighted by atomic mass is 10.1. The summed E-state index contributed by atoms with van der Waals surface area (Å²) in [5, 5.41) is 14.0. The molecule has 98 valence electrons. The topological polar surface area (TPSA) is 61.1 Å². The highest BCUT2D eigenvalue weighted by atomic mass is 32.2. The fourth-order valence-corrected chi connectivity index (χ4v) is 2.61. The maximum Gasteiger partial charge on any atom is 0.209 e. The van der Waals surface area contributed by atoms with Gasteiger partial charge in [-0.2, -0.15) is 5.10 Å². The Morgan fingerprint density at radius 2 is 2.24 bits per heavy atom. The summed E-state index contributed by atoms with van der Waals surface area (Å²) in [5.41, 5.74) is 0.720. The first-order valence-corrected chi connectivity index (χ1v) is 7.62. The molecule has 0 fully saturated rings. The van der Waals surface area contributed by atoms with Crippen LogP contribution in [0.15, 0.2) is 6.07 Å². The molecule has 0 saturated heterocycles. The average Bonchev–Trinajstić information content (AvgIpc) is 2.56. The van der Waals surface area contributed by atoms with E-state index in [0.717, 1.165) is 18.5 Å². The molecule has 1 heterocycles. The SMILES string of the molecule is CCC[S+]([O-])Cc1cc(O)n(CCC(C)C)n1. The molecule has 17 heavy (non-hydrogen) atoms. The zero-order chi connectivity index (χ0) is 12.8. The van der Waals surface area contributed by atoms with Gasteiger partial charge in [-0.1, -0.05) is 20.8 Å². The molecule has 0 radical (unpaired) electrons. The van der Waals surface area contributed by atoms with E-state index in [1.165, 1.54) is 0 Å². The lowest BCUT2D eigenvalue weighted by molar-refractivity contribution is 0.380. The van der Waals surface area contributed by atoms with Crippen LogP contribution in [0, 0.1) is 5.92 Å². The first-order valence-electron chi connectivity index (χ1n) is 6.13. The van der Waals surface area contributed by atoms with Crippen LogP contribution >= 0.6 is 0 Å². The van der Waals surface area contributed by atoms with Gasteiger partial charge >= 0.3 is 0 Å². The number of aryl methyl sites for hydroxylation is 1. The van der Waals surface area contributed by atoms with Crippen LogP contribution in [0.2, 0.25) is 0 Å². The molecule has 1 atom stereocenters. The van der Waals surface area contributed by atoms with Crippen LogP contribution in [0.5, 0.6) is 5.88 Å². The molecule has 0 aliphatic rings. The van der Waals surface area contributed by atoms with Gasteiger partial charge in [0.1, 0.15) is 17.2 Å². The quantitative estimate of drug-likeness (QED) is 0.763. The minimum atomic E-state index is -0.866. The number of hydrogen-bond acceptors (Lipinski definition) is 3. The average molecular weight is 258 g/mol. The van der Waals surface area contributed by atoms with Crippen LogP contribution in [0.25, 0.3) is 0 Å². The third-order valence-electron chi connectivity index (χ3n) is 2.47. The summed E-state index contributed by atoms with van der Waals surface area (Å²) < 4.78 is 13.2. The Labute approximate surface area is 106 Å². The second-order valence-electron chi connectivity index (χ2n) is 4.69. The van der Waals surface area contributed by atoms with Crippen molar-refractivity contribution in [1.29, 1.82) is 0 Å². The molecule has 1 rings (SSSR count). The largest absolute Gasteiger partial charge is 0.616 e. The van der Waals surface area contributed by atoms with E-state index in [0.29, 0.717) is 24.0 Å². The monoisotopic (exact) mass is 258 g/mol. The minimum absolute atomic E-state index is 0.175. The molecule has 0 saturated carbocycles. The van der Waals surface area contributed by atoms with Crippen LogP contribution in [0.1, 0.15) is 39.3 Å². The molecule has 4 nitrogen and oxygen atoms in total. The van der Waals surface area contributed by atoms with Gasteiger partial charge in [0.25, 0.3) is 0 Å². The standard InChI is InChI=1S/C12H22N2O2S/c1-4-7-17(16)9-11-8-12(15)14(13-11)6-5-10(2)3/h8,10,15H,4-7,9H2,1-3H3. The number of nitrogens with zero attached hydrogens (tertiary/aromatic N) is 2. The summed E-state index contributed by atoms with van der Waals surface area (Å²) in [6.07, 6.45) is 1.89. The van der Waals surface area contributed by atoms with Crippen molar-refractivity contribution < 1.29 is 9.66 Å². The fraction of sp³-hybridized carbons (Fsp3) is 0.750. The summed E-state index contributed by atoms with van der Waals surface area (Å²) in [4.78, 5) is 0. The number of rotatable bonds is 7. The summed E-state index contributed by atoms with van der Waals surface area (Å²) >= 11 is -0.866. The molecule has 0 aromatic carbocycles. The smallest absolute Gasteiger partial charge is 0.209 e. The van der Waals surface area contributed by atoms with Crippen molar-refractivity contribution in [3.63, 3.8) is 0 Å². The highest BCUT2D eigenvalue weighted by Crippen LogP contribution is 2.16. The summed E-state index contributed by atoms with van der Waals surface area (Å²) in [6, 6.07) is 1.62. The number of aromatic hydroxyl groups is 1. The minimum Gasteiger partial charge on any atom is -0.616 e. The van der Waals surface area contributed by atoms with Crippen molar-refractivity contribution in [3.05, 3.63) is 11.8 Å². The fourth-order valence-electron chi connectivity index (χ4n) is 1.54. The van der Waals surface area contributed by atoms with E-state index in [4.69, 9.17) is 0 Å². The molecule has 0 aliphatic heterocycles. The molecule has 0 spiro atoms. The molecule has 1 unspecified atom stereocenters. The maximum absolute atomic E-state index is 11.6. The summed E-state index contributed by atoms with van der Waals surface area (Å²) in [7, 11) is 0. The lowest BCUT2D eigenvalue weighted by Gasteiger charge is -2.07. The molecule has 0 amide bonds. The van der Waals surface area contributed by atoms with Gasteiger partial charge in [0, 0.05) is 12.6 Å². The van der Waals surface area contributed by atoms with Crippen molar-refractivity contribution in [2.24, 2.45) is 5.92 Å². The maximum atomic E-state index is 11.6. The van der Waals surface area contributed by atoms with Crippen LogP contribution in [-0.2, 0) is 23.5 Å². The Bertz CT molecular complexity index is 339. The Morgan fingerprint density at radius 3 is 2.82 bits per heavy atom. The van der Waals surface area contributed by atoms with Gasteiger partial charge in [-0.25, -0.2) is 4.68 Å².